The van der Waals surface area contributed by atoms with E-state index in [0.29, 0.717) is 16.5 Å². The Balaban J connectivity index is 2.00. The highest BCUT2D eigenvalue weighted by molar-refractivity contribution is 7.98. The second kappa shape index (κ2) is 6.14. The van der Waals surface area contributed by atoms with Gasteiger partial charge in [0.25, 0.3) is 5.56 Å². The molecule has 7 heteroatoms. The molecule has 0 aromatic carbocycles. The van der Waals surface area contributed by atoms with Crippen LogP contribution in [-0.4, -0.2) is 28.0 Å². The lowest BCUT2D eigenvalue weighted by Gasteiger charge is -2.02. The highest BCUT2D eigenvalue weighted by Crippen LogP contribution is 2.16. The highest BCUT2D eigenvalue weighted by Gasteiger charge is 2.06. The fourth-order valence-corrected chi connectivity index (χ4v) is 2.08. The fraction of sp³-hybridized carbons (Fsp3) is 0.167. The lowest BCUT2D eigenvalue weighted by atomic mass is 10.2. The minimum atomic E-state index is -0.416. The summed E-state index contributed by atoms with van der Waals surface area (Å²) in [7, 11) is 1.32. The number of rotatable bonds is 4. The van der Waals surface area contributed by atoms with Crippen LogP contribution in [0.15, 0.2) is 40.5 Å². The summed E-state index contributed by atoms with van der Waals surface area (Å²) in [5.74, 6) is 0.134. The van der Waals surface area contributed by atoms with Gasteiger partial charge in [0.15, 0.2) is 5.16 Å². The molecular formula is C12H11N3O3S. The number of aromatic amines is 1. The molecule has 0 saturated heterocycles. The number of hydrogen-bond donors (Lipinski definition) is 1. The minimum Gasteiger partial charge on any atom is -0.465 e. The minimum absolute atomic E-state index is 0.188. The van der Waals surface area contributed by atoms with Crippen molar-refractivity contribution in [1.82, 2.24) is 15.0 Å². The SMILES string of the molecule is COC(=O)c1ccc(CSc2nccc(=O)[nH]2)nc1. The molecule has 0 fully saturated rings. The number of esters is 1. The summed E-state index contributed by atoms with van der Waals surface area (Å²) >= 11 is 1.36. The average molecular weight is 277 g/mol. The Kier molecular flexibility index (Phi) is 4.30. The van der Waals surface area contributed by atoms with Crippen LogP contribution in [0.2, 0.25) is 0 Å². The first-order valence-electron chi connectivity index (χ1n) is 5.40. The summed E-state index contributed by atoms with van der Waals surface area (Å²) < 4.78 is 4.58. The van der Waals surface area contributed by atoms with E-state index in [2.05, 4.69) is 19.7 Å². The molecule has 1 N–H and O–H groups in total. The summed E-state index contributed by atoms with van der Waals surface area (Å²) in [4.78, 5) is 33.1. The lowest BCUT2D eigenvalue weighted by Crippen LogP contribution is -2.05. The van der Waals surface area contributed by atoms with Gasteiger partial charge in [-0.25, -0.2) is 9.78 Å². The van der Waals surface area contributed by atoms with Gasteiger partial charge in [-0.05, 0) is 12.1 Å². The zero-order valence-electron chi connectivity index (χ0n) is 10.1. The summed E-state index contributed by atoms with van der Waals surface area (Å²) in [5.41, 5.74) is 0.998. The van der Waals surface area contributed by atoms with Gasteiger partial charge in [0, 0.05) is 24.2 Å². The van der Waals surface area contributed by atoms with E-state index >= 15 is 0 Å². The van der Waals surface area contributed by atoms with Crippen molar-refractivity contribution in [2.45, 2.75) is 10.9 Å². The molecule has 98 valence electrons. The van der Waals surface area contributed by atoms with Crippen molar-refractivity contribution in [2.75, 3.05) is 7.11 Å². The molecule has 0 unspecified atom stereocenters. The molecule has 0 bridgehead atoms. The van der Waals surface area contributed by atoms with E-state index in [4.69, 9.17) is 0 Å². The third-order valence-electron chi connectivity index (χ3n) is 2.25. The molecule has 0 radical (unpaired) electrons. The third-order valence-corrected chi connectivity index (χ3v) is 3.17. The highest BCUT2D eigenvalue weighted by atomic mass is 32.2. The predicted octanol–water partition coefficient (Wildman–Crippen LogP) is 1.24. The number of ether oxygens (including phenoxy) is 1. The van der Waals surface area contributed by atoms with Crippen LogP contribution in [0.3, 0.4) is 0 Å². The molecule has 0 aliphatic heterocycles. The maximum atomic E-state index is 11.2. The van der Waals surface area contributed by atoms with Crippen molar-refractivity contribution in [3.05, 3.63) is 52.2 Å². The topological polar surface area (TPSA) is 84.9 Å². The Morgan fingerprint density at radius 2 is 2.21 bits per heavy atom. The second-order valence-corrected chi connectivity index (χ2v) is 4.52. The molecule has 2 heterocycles. The van der Waals surface area contributed by atoms with Crippen LogP contribution < -0.4 is 5.56 Å². The van der Waals surface area contributed by atoms with Crippen LogP contribution in [-0.2, 0) is 10.5 Å². The van der Waals surface area contributed by atoms with E-state index in [1.807, 2.05) is 0 Å². The van der Waals surface area contributed by atoms with Gasteiger partial charge in [-0.3, -0.25) is 9.78 Å². The van der Waals surface area contributed by atoms with Crippen LogP contribution in [0.1, 0.15) is 16.1 Å². The number of carbonyl (C=O) groups excluding carboxylic acids is 1. The van der Waals surface area contributed by atoms with E-state index in [0.717, 1.165) is 5.69 Å². The first kappa shape index (κ1) is 13.3. The molecule has 0 spiro atoms. The summed E-state index contributed by atoms with van der Waals surface area (Å²) in [6.07, 6.45) is 2.91. The van der Waals surface area contributed by atoms with Crippen LogP contribution in [0, 0.1) is 0 Å². The Morgan fingerprint density at radius 1 is 1.37 bits per heavy atom. The van der Waals surface area contributed by atoms with E-state index in [9.17, 15) is 9.59 Å². The van der Waals surface area contributed by atoms with Gasteiger partial charge in [0.05, 0.1) is 18.4 Å². The summed E-state index contributed by atoms with van der Waals surface area (Å²) in [6.45, 7) is 0. The molecular weight excluding hydrogens is 266 g/mol. The molecule has 2 aromatic rings. The van der Waals surface area contributed by atoms with Crippen molar-refractivity contribution < 1.29 is 9.53 Å². The first-order chi connectivity index (χ1) is 9.19. The molecule has 2 rings (SSSR count). The van der Waals surface area contributed by atoms with Crippen LogP contribution in [0.5, 0.6) is 0 Å². The maximum Gasteiger partial charge on any atom is 0.339 e. The zero-order valence-corrected chi connectivity index (χ0v) is 10.9. The molecule has 0 aliphatic carbocycles. The number of thioether (sulfide) groups is 1. The van der Waals surface area contributed by atoms with Gasteiger partial charge in [0.2, 0.25) is 0 Å². The fourth-order valence-electron chi connectivity index (χ4n) is 1.32. The second-order valence-electron chi connectivity index (χ2n) is 3.56. The van der Waals surface area contributed by atoms with Crippen molar-refractivity contribution in [3.63, 3.8) is 0 Å². The van der Waals surface area contributed by atoms with E-state index in [-0.39, 0.29) is 5.56 Å². The van der Waals surface area contributed by atoms with Gasteiger partial charge >= 0.3 is 5.97 Å². The van der Waals surface area contributed by atoms with Gasteiger partial charge in [0.1, 0.15) is 0 Å². The van der Waals surface area contributed by atoms with Crippen molar-refractivity contribution in [2.24, 2.45) is 0 Å². The number of methoxy groups -OCH3 is 1. The lowest BCUT2D eigenvalue weighted by molar-refractivity contribution is 0.0600. The van der Waals surface area contributed by atoms with Gasteiger partial charge in [-0.15, -0.1) is 0 Å². The number of pyridine rings is 1. The Hall–Kier alpha value is -2.15. The Labute approximate surface area is 113 Å². The summed E-state index contributed by atoms with van der Waals surface area (Å²) in [5, 5.41) is 0.534. The molecule has 0 amide bonds. The number of nitrogens with zero attached hydrogens (tertiary/aromatic N) is 2. The first-order valence-corrected chi connectivity index (χ1v) is 6.39. The number of aromatic nitrogens is 3. The van der Waals surface area contributed by atoms with Crippen LogP contribution in [0.4, 0.5) is 0 Å². The number of H-pyrrole nitrogens is 1. The third kappa shape index (κ3) is 3.65. The standard InChI is InChI=1S/C12H11N3O3S/c1-18-11(17)8-2-3-9(14-6-8)7-19-12-13-5-4-10(16)15-12/h2-6H,7H2,1H3,(H,13,15,16). The monoisotopic (exact) mass is 277 g/mol. The molecule has 19 heavy (non-hydrogen) atoms. The smallest absolute Gasteiger partial charge is 0.339 e. The predicted molar refractivity (Wildman–Crippen MR) is 70.0 cm³/mol. The van der Waals surface area contributed by atoms with Gasteiger partial charge in [-0.1, -0.05) is 11.8 Å². The normalized spacial score (nSPS) is 10.2. The average Bonchev–Trinajstić information content (AvgIpc) is 2.45. The number of carbonyl (C=O) groups is 1. The number of nitrogens with one attached hydrogen (secondary N) is 1. The van der Waals surface area contributed by atoms with Crippen LogP contribution >= 0.6 is 11.8 Å². The largest absolute Gasteiger partial charge is 0.465 e. The van der Waals surface area contributed by atoms with Crippen molar-refractivity contribution in [3.8, 4) is 0 Å². The Morgan fingerprint density at radius 3 is 2.84 bits per heavy atom. The zero-order chi connectivity index (χ0) is 13.7. The molecule has 0 atom stereocenters. The van der Waals surface area contributed by atoms with Crippen molar-refractivity contribution >= 4 is 17.7 Å². The number of hydrogen-bond acceptors (Lipinski definition) is 6. The molecule has 2 aromatic heterocycles. The van der Waals surface area contributed by atoms with Gasteiger partial charge < -0.3 is 9.72 Å². The van der Waals surface area contributed by atoms with Crippen molar-refractivity contribution in [1.29, 1.82) is 0 Å². The quantitative estimate of drug-likeness (QED) is 0.514. The molecule has 0 saturated carbocycles. The maximum absolute atomic E-state index is 11.2. The van der Waals surface area contributed by atoms with Crippen LogP contribution in [0.25, 0.3) is 0 Å². The van der Waals surface area contributed by atoms with Gasteiger partial charge in [-0.2, -0.15) is 0 Å². The van der Waals surface area contributed by atoms with E-state index in [1.165, 1.54) is 37.3 Å². The molecule has 0 aliphatic rings. The Bertz CT molecular complexity index is 625. The summed E-state index contributed by atoms with van der Waals surface area (Å²) in [6, 6.07) is 4.74. The van der Waals surface area contributed by atoms with E-state index < -0.39 is 5.97 Å². The van der Waals surface area contributed by atoms with E-state index in [1.54, 1.807) is 12.1 Å². The molecule has 6 nitrogen and oxygen atoms in total.